The minimum absolute atomic E-state index is 0.0891. The maximum absolute atomic E-state index is 13.3. The lowest BCUT2D eigenvalue weighted by atomic mass is 10.1. The molecule has 0 spiro atoms. The highest BCUT2D eigenvalue weighted by molar-refractivity contribution is 7.92. The van der Waals surface area contributed by atoms with E-state index in [9.17, 15) is 13.2 Å². The van der Waals surface area contributed by atoms with E-state index < -0.39 is 10.0 Å². The van der Waals surface area contributed by atoms with Gasteiger partial charge in [0.2, 0.25) is 0 Å². The Hall–Kier alpha value is -3.16. The second-order valence-electron chi connectivity index (χ2n) is 8.77. The number of hydrogen-bond donors (Lipinski definition) is 1. The number of amides is 1. The zero-order valence-corrected chi connectivity index (χ0v) is 20.5. The molecule has 1 heterocycles. The molecule has 0 saturated carbocycles. The van der Waals surface area contributed by atoms with Crippen LogP contribution < -0.4 is 4.72 Å². The molecule has 1 amide bonds. The molecule has 1 N–H and O–H groups in total. The number of rotatable bonds is 7. The Bertz CT molecular complexity index is 1250. The third-order valence-electron chi connectivity index (χ3n) is 6.36. The smallest absolute Gasteiger partial charge is 0.261 e. The van der Waals surface area contributed by atoms with Crippen molar-refractivity contribution < 1.29 is 13.2 Å². The summed E-state index contributed by atoms with van der Waals surface area (Å²) in [7, 11) is -3.81. The largest absolute Gasteiger partial charge is 0.336 e. The van der Waals surface area contributed by atoms with Gasteiger partial charge in [0.25, 0.3) is 15.9 Å². The molecule has 0 aromatic heterocycles. The van der Waals surface area contributed by atoms with Gasteiger partial charge in [-0.25, -0.2) is 8.42 Å². The van der Waals surface area contributed by atoms with Crippen molar-refractivity contribution >= 4 is 21.6 Å². The minimum atomic E-state index is -3.81. The van der Waals surface area contributed by atoms with E-state index >= 15 is 0 Å². The normalized spacial score (nSPS) is 14.7. The van der Waals surface area contributed by atoms with Gasteiger partial charge in [0, 0.05) is 38.3 Å². The van der Waals surface area contributed by atoms with E-state index in [1.165, 1.54) is 11.6 Å². The molecule has 0 atom stereocenters. The van der Waals surface area contributed by atoms with Crippen molar-refractivity contribution in [2.75, 3.05) is 37.4 Å². The third-order valence-corrected chi connectivity index (χ3v) is 7.72. The topological polar surface area (TPSA) is 69.7 Å². The van der Waals surface area contributed by atoms with Crippen LogP contribution in [0, 0.1) is 13.8 Å². The molecular formula is C27H31N3O3S. The molecule has 0 aliphatic carbocycles. The lowest BCUT2D eigenvalue weighted by Crippen LogP contribution is -2.49. The molecule has 178 valence electrons. The van der Waals surface area contributed by atoms with E-state index in [4.69, 9.17) is 0 Å². The number of hydrogen-bond acceptors (Lipinski definition) is 4. The first-order valence-corrected chi connectivity index (χ1v) is 13.1. The number of nitrogens with zero attached hydrogens (tertiary/aromatic N) is 2. The summed E-state index contributed by atoms with van der Waals surface area (Å²) < 4.78 is 28.7. The highest BCUT2D eigenvalue weighted by Gasteiger charge is 2.25. The van der Waals surface area contributed by atoms with Crippen LogP contribution in [-0.2, 0) is 16.4 Å². The number of nitrogens with one attached hydrogen (secondary N) is 1. The number of para-hydroxylation sites is 1. The molecule has 1 aliphatic rings. The van der Waals surface area contributed by atoms with Gasteiger partial charge < -0.3 is 4.90 Å². The van der Waals surface area contributed by atoms with Crippen LogP contribution in [0.2, 0.25) is 0 Å². The first kappa shape index (κ1) is 24.0. The lowest BCUT2D eigenvalue weighted by Gasteiger charge is -2.35. The van der Waals surface area contributed by atoms with Crippen molar-refractivity contribution in [3.05, 3.63) is 95.1 Å². The SMILES string of the molecule is Cc1ccccc1NS(=O)(=O)c1ccc(C)c(C(=O)N2CCN(CCc3ccccc3)CC2)c1. The second-order valence-corrected chi connectivity index (χ2v) is 10.4. The van der Waals surface area contributed by atoms with E-state index in [1.807, 2.05) is 36.9 Å². The summed E-state index contributed by atoms with van der Waals surface area (Å²) in [6.07, 6.45) is 0.988. The van der Waals surface area contributed by atoms with Gasteiger partial charge in [0.15, 0.2) is 0 Å². The standard InChI is InChI=1S/C27H31N3O3S/c1-21-12-13-24(34(32,33)28-26-11-7-6-8-22(26)2)20-25(21)27(31)30-18-16-29(17-19-30)15-14-23-9-4-3-5-10-23/h3-13,20,28H,14-19H2,1-2H3. The molecule has 3 aromatic rings. The number of piperazine rings is 1. The van der Waals surface area contributed by atoms with Crippen LogP contribution in [0.3, 0.4) is 0 Å². The number of carbonyl (C=O) groups is 1. The maximum atomic E-state index is 13.3. The molecule has 0 bridgehead atoms. The number of benzene rings is 3. The predicted molar refractivity (Wildman–Crippen MR) is 136 cm³/mol. The first-order chi connectivity index (χ1) is 16.3. The quantitative estimate of drug-likeness (QED) is 0.556. The fourth-order valence-corrected chi connectivity index (χ4v) is 5.32. The highest BCUT2D eigenvalue weighted by atomic mass is 32.2. The number of anilines is 1. The van der Waals surface area contributed by atoms with Crippen molar-refractivity contribution in [3.63, 3.8) is 0 Å². The third kappa shape index (κ3) is 5.66. The lowest BCUT2D eigenvalue weighted by molar-refractivity contribution is 0.0637. The summed E-state index contributed by atoms with van der Waals surface area (Å²) in [6.45, 7) is 7.53. The van der Waals surface area contributed by atoms with Crippen LogP contribution in [-0.4, -0.2) is 56.8 Å². The van der Waals surface area contributed by atoms with Crippen LogP contribution in [0.5, 0.6) is 0 Å². The molecule has 3 aromatic carbocycles. The molecule has 34 heavy (non-hydrogen) atoms. The Morgan fingerprint density at radius 3 is 2.24 bits per heavy atom. The second kappa shape index (κ2) is 10.4. The summed E-state index contributed by atoms with van der Waals surface area (Å²) >= 11 is 0. The van der Waals surface area contributed by atoms with E-state index in [0.717, 1.165) is 37.2 Å². The molecule has 0 radical (unpaired) electrons. The van der Waals surface area contributed by atoms with Crippen molar-refractivity contribution in [1.29, 1.82) is 0 Å². The molecule has 0 unspecified atom stereocenters. The molecule has 6 nitrogen and oxygen atoms in total. The number of carbonyl (C=O) groups excluding carboxylic acids is 1. The molecule has 7 heteroatoms. The number of aryl methyl sites for hydroxylation is 2. The van der Waals surface area contributed by atoms with Crippen LogP contribution >= 0.6 is 0 Å². The first-order valence-electron chi connectivity index (χ1n) is 11.6. The van der Waals surface area contributed by atoms with Crippen molar-refractivity contribution in [1.82, 2.24) is 9.80 Å². The fourth-order valence-electron chi connectivity index (χ4n) is 4.17. The van der Waals surface area contributed by atoms with Gasteiger partial charge in [-0.3, -0.25) is 14.4 Å². The molecule has 1 fully saturated rings. The van der Waals surface area contributed by atoms with Gasteiger partial charge in [-0.1, -0.05) is 54.6 Å². The summed E-state index contributed by atoms with van der Waals surface area (Å²) in [5.74, 6) is -0.117. The molecule has 1 aliphatic heterocycles. The van der Waals surface area contributed by atoms with E-state index in [1.54, 1.807) is 24.3 Å². The summed E-state index contributed by atoms with van der Waals surface area (Å²) in [5, 5.41) is 0. The minimum Gasteiger partial charge on any atom is -0.336 e. The van der Waals surface area contributed by atoms with Crippen molar-refractivity contribution in [2.45, 2.75) is 25.2 Å². The summed E-state index contributed by atoms with van der Waals surface area (Å²) in [4.78, 5) is 17.6. The molecule has 1 saturated heterocycles. The predicted octanol–water partition coefficient (Wildman–Crippen LogP) is 4.10. The van der Waals surface area contributed by atoms with Crippen LogP contribution in [0.4, 0.5) is 5.69 Å². The Labute approximate surface area is 202 Å². The average Bonchev–Trinajstić information content (AvgIpc) is 2.85. The van der Waals surface area contributed by atoms with Gasteiger partial charge in [0.1, 0.15) is 0 Å². The zero-order valence-electron chi connectivity index (χ0n) is 19.7. The monoisotopic (exact) mass is 477 g/mol. The van der Waals surface area contributed by atoms with Gasteiger partial charge >= 0.3 is 0 Å². The molecular weight excluding hydrogens is 446 g/mol. The summed E-state index contributed by atoms with van der Waals surface area (Å²) in [5.41, 5.74) is 3.88. The highest BCUT2D eigenvalue weighted by Crippen LogP contribution is 2.22. The fraction of sp³-hybridized carbons (Fsp3) is 0.296. The Kier molecular flexibility index (Phi) is 7.34. The van der Waals surface area contributed by atoms with Gasteiger partial charge in [-0.2, -0.15) is 0 Å². The van der Waals surface area contributed by atoms with Crippen molar-refractivity contribution in [2.24, 2.45) is 0 Å². The molecule has 4 rings (SSSR count). The zero-order chi connectivity index (χ0) is 24.1. The van der Waals surface area contributed by atoms with Crippen LogP contribution in [0.1, 0.15) is 27.0 Å². The Balaban J connectivity index is 1.42. The number of sulfonamides is 1. The Morgan fingerprint density at radius 2 is 1.53 bits per heavy atom. The maximum Gasteiger partial charge on any atom is 0.261 e. The average molecular weight is 478 g/mol. The summed E-state index contributed by atoms with van der Waals surface area (Å²) in [6, 6.07) is 22.4. The van der Waals surface area contributed by atoms with E-state index in [0.29, 0.717) is 24.3 Å². The van der Waals surface area contributed by atoms with E-state index in [-0.39, 0.29) is 10.8 Å². The van der Waals surface area contributed by atoms with E-state index in [2.05, 4.69) is 33.9 Å². The van der Waals surface area contributed by atoms with Gasteiger partial charge in [-0.15, -0.1) is 0 Å². The van der Waals surface area contributed by atoms with Crippen molar-refractivity contribution in [3.8, 4) is 0 Å². The van der Waals surface area contributed by atoms with Gasteiger partial charge in [0.05, 0.1) is 10.6 Å². The van der Waals surface area contributed by atoms with Crippen LogP contribution in [0.25, 0.3) is 0 Å². The van der Waals surface area contributed by atoms with Gasteiger partial charge in [-0.05, 0) is 55.2 Å². The van der Waals surface area contributed by atoms with Crippen LogP contribution in [0.15, 0.2) is 77.7 Å². The Morgan fingerprint density at radius 1 is 0.853 bits per heavy atom.